The molecule has 0 radical (unpaired) electrons. The third-order valence-electron chi connectivity index (χ3n) is 10.2. The standard InChI is InChI=1S/C46H29N3/c1-3-13-34(14-4-1)46(35-15-5-2-6-16-35)39-18-8-7-17-37(39)42-38(41-26-21-31-20-19-30-11-9-28-48-44(30)45(31)49-41)24-23-36(43(42)46)32-22-25-40-33(29-32)12-10-27-47-40/h1-29H. The molecule has 0 saturated carbocycles. The summed E-state index contributed by atoms with van der Waals surface area (Å²) in [6.07, 6.45) is 3.71. The van der Waals surface area contributed by atoms with Gasteiger partial charge in [-0.1, -0.05) is 133 Å². The monoisotopic (exact) mass is 623 g/mol. The van der Waals surface area contributed by atoms with E-state index in [4.69, 9.17) is 9.97 Å². The predicted octanol–water partition coefficient (Wildman–Crippen LogP) is 11.0. The van der Waals surface area contributed by atoms with Crippen molar-refractivity contribution in [2.24, 2.45) is 0 Å². The summed E-state index contributed by atoms with van der Waals surface area (Å²) < 4.78 is 0. The van der Waals surface area contributed by atoms with Crippen molar-refractivity contribution >= 4 is 32.7 Å². The summed E-state index contributed by atoms with van der Waals surface area (Å²) in [6.45, 7) is 0. The van der Waals surface area contributed by atoms with Crippen molar-refractivity contribution in [2.75, 3.05) is 0 Å². The molecular weight excluding hydrogens is 595 g/mol. The van der Waals surface area contributed by atoms with E-state index in [0.717, 1.165) is 49.5 Å². The normalized spacial score (nSPS) is 13.1. The van der Waals surface area contributed by atoms with Crippen molar-refractivity contribution in [3.8, 4) is 33.5 Å². The Morgan fingerprint density at radius 3 is 1.88 bits per heavy atom. The van der Waals surface area contributed by atoms with Gasteiger partial charge in [-0.3, -0.25) is 9.97 Å². The summed E-state index contributed by atoms with van der Waals surface area (Å²) in [5.74, 6) is 0. The summed E-state index contributed by atoms with van der Waals surface area (Å²) in [5, 5.41) is 3.29. The first-order chi connectivity index (χ1) is 24.3. The van der Waals surface area contributed by atoms with Gasteiger partial charge in [0, 0.05) is 34.1 Å². The van der Waals surface area contributed by atoms with Crippen molar-refractivity contribution in [3.05, 3.63) is 198 Å². The van der Waals surface area contributed by atoms with E-state index in [1.54, 1.807) is 0 Å². The van der Waals surface area contributed by atoms with Crippen LogP contribution in [0.1, 0.15) is 22.3 Å². The molecule has 3 nitrogen and oxygen atoms in total. The Bertz CT molecular complexity index is 2680. The van der Waals surface area contributed by atoms with Gasteiger partial charge in [-0.15, -0.1) is 0 Å². The molecule has 0 aliphatic heterocycles. The summed E-state index contributed by atoms with van der Waals surface area (Å²) >= 11 is 0. The average molecular weight is 624 g/mol. The third kappa shape index (κ3) is 4.06. The van der Waals surface area contributed by atoms with Gasteiger partial charge in [0.25, 0.3) is 0 Å². The second-order valence-electron chi connectivity index (χ2n) is 12.8. The summed E-state index contributed by atoms with van der Waals surface area (Å²) in [4.78, 5) is 14.8. The maximum absolute atomic E-state index is 5.39. The van der Waals surface area contributed by atoms with Gasteiger partial charge in [-0.2, -0.15) is 0 Å². The van der Waals surface area contributed by atoms with E-state index in [-0.39, 0.29) is 0 Å². The summed E-state index contributed by atoms with van der Waals surface area (Å²) in [5.41, 5.74) is 14.1. The molecule has 0 spiro atoms. The van der Waals surface area contributed by atoms with E-state index in [1.165, 1.54) is 38.9 Å². The van der Waals surface area contributed by atoms with E-state index >= 15 is 0 Å². The number of hydrogen-bond donors (Lipinski definition) is 0. The molecule has 0 unspecified atom stereocenters. The van der Waals surface area contributed by atoms with Gasteiger partial charge in [0.05, 0.1) is 27.7 Å². The van der Waals surface area contributed by atoms with Crippen LogP contribution in [0.4, 0.5) is 0 Å². The molecule has 0 amide bonds. The third-order valence-corrected chi connectivity index (χ3v) is 10.2. The Kier molecular flexibility index (Phi) is 6.09. The first-order valence-electron chi connectivity index (χ1n) is 16.7. The molecule has 49 heavy (non-hydrogen) atoms. The molecule has 0 atom stereocenters. The number of hydrogen-bond acceptors (Lipinski definition) is 3. The van der Waals surface area contributed by atoms with Gasteiger partial charge in [0.1, 0.15) is 0 Å². The van der Waals surface area contributed by atoms with Crippen LogP contribution >= 0.6 is 0 Å². The lowest BCUT2D eigenvalue weighted by Gasteiger charge is -2.35. The van der Waals surface area contributed by atoms with Crippen LogP contribution in [0.2, 0.25) is 0 Å². The highest BCUT2D eigenvalue weighted by Gasteiger charge is 2.48. The molecule has 1 aliphatic carbocycles. The van der Waals surface area contributed by atoms with Gasteiger partial charge in [-0.25, -0.2) is 4.98 Å². The van der Waals surface area contributed by atoms with Gasteiger partial charge in [0.15, 0.2) is 0 Å². The molecule has 228 valence electrons. The minimum absolute atomic E-state index is 0.575. The van der Waals surface area contributed by atoms with Crippen molar-refractivity contribution in [1.82, 2.24) is 15.0 Å². The van der Waals surface area contributed by atoms with E-state index < -0.39 is 5.41 Å². The molecule has 1 aliphatic rings. The van der Waals surface area contributed by atoms with Crippen LogP contribution in [-0.2, 0) is 5.41 Å². The van der Waals surface area contributed by atoms with Crippen molar-refractivity contribution in [2.45, 2.75) is 5.41 Å². The minimum atomic E-state index is -0.575. The van der Waals surface area contributed by atoms with Gasteiger partial charge in [0.2, 0.25) is 0 Å². The number of nitrogens with zero attached hydrogens (tertiary/aromatic N) is 3. The van der Waals surface area contributed by atoms with Crippen molar-refractivity contribution in [3.63, 3.8) is 0 Å². The fraction of sp³-hybridized carbons (Fsp3) is 0.0217. The molecule has 0 saturated heterocycles. The lowest BCUT2D eigenvalue weighted by atomic mass is 9.66. The van der Waals surface area contributed by atoms with Crippen molar-refractivity contribution in [1.29, 1.82) is 0 Å². The lowest BCUT2D eigenvalue weighted by Crippen LogP contribution is -2.29. The predicted molar refractivity (Wildman–Crippen MR) is 201 cm³/mol. The second kappa shape index (κ2) is 10.8. The van der Waals surface area contributed by atoms with Gasteiger partial charge < -0.3 is 0 Å². The zero-order chi connectivity index (χ0) is 32.4. The first-order valence-corrected chi connectivity index (χ1v) is 16.7. The maximum Gasteiger partial charge on any atom is 0.0972 e. The first kappa shape index (κ1) is 27.6. The topological polar surface area (TPSA) is 38.7 Å². The van der Waals surface area contributed by atoms with Crippen molar-refractivity contribution < 1.29 is 0 Å². The summed E-state index contributed by atoms with van der Waals surface area (Å²) in [7, 11) is 0. The lowest BCUT2D eigenvalue weighted by molar-refractivity contribution is 0.770. The van der Waals surface area contributed by atoms with Crippen LogP contribution in [-0.4, -0.2) is 15.0 Å². The number of aromatic nitrogens is 3. The Labute approximate surface area is 284 Å². The largest absolute Gasteiger partial charge is 0.256 e. The van der Waals surface area contributed by atoms with Crippen LogP contribution in [0.15, 0.2) is 176 Å². The van der Waals surface area contributed by atoms with E-state index in [0.29, 0.717) is 0 Å². The van der Waals surface area contributed by atoms with Crippen LogP contribution in [0.25, 0.3) is 66.2 Å². The Hall–Kier alpha value is -6.45. The smallest absolute Gasteiger partial charge is 0.0972 e. The number of benzene rings is 6. The second-order valence-corrected chi connectivity index (χ2v) is 12.8. The molecule has 0 fully saturated rings. The number of pyridine rings is 3. The molecule has 10 rings (SSSR count). The Morgan fingerprint density at radius 1 is 0.429 bits per heavy atom. The molecule has 3 heteroatoms. The highest BCUT2D eigenvalue weighted by atomic mass is 14.8. The fourth-order valence-electron chi connectivity index (χ4n) is 8.15. The minimum Gasteiger partial charge on any atom is -0.256 e. The molecule has 9 aromatic rings. The van der Waals surface area contributed by atoms with Crippen LogP contribution in [0, 0.1) is 0 Å². The van der Waals surface area contributed by atoms with Crippen LogP contribution in [0.5, 0.6) is 0 Å². The Balaban J connectivity index is 1.37. The SMILES string of the molecule is c1ccc(C2(c3ccccc3)c3ccccc3-c3c(-c4ccc5ccc6cccnc6c5n4)ccc(-c4ccc5ncccc5c4)c32)cc1. The summed E-state index contributed by atoms with van der Waals surface area (Å²) in [6, 6.07) is 59.0. The molecule has 0 bridgehead atoms. The quantitative estimate of drug-likeness (QED) is 0.183. The zero-order valence-corrected chi connectivity index (χ0v) is 26.6. The maximum atomic E-state index is 5.39. The molecular formula is C46H29N3. The van der Waals surface area contributed by atoms with E-state index in [1.807, 2.05) is 24.5 Å². The highest BCUT2D eigenvalue weighted by Crippen LogP contribution is 2.60. The van der Waals surface area contributed by atoms with Gasteiger partial charge >= 0.3 is 0 Å². The molecule has 6 aromatic carbocycles. The fourth-order valence-corrected chi connectivity index (χ4v) is 8.15. The van der Waals surface area contributed by atoms with E-state index in [9.17, 15) is 0 Å². The number of fused-ring (bicyclic) bond motifs is 7. The molecule has 3 aromatic heterocycles. The number of rotatable bonds is 4. The average Bonchev–Trinajstić information content (AvgIpc) is 3.50. The molecule has 3 heterocycles. The Morgan fingerprint density at radius 2 is 1.08 bits per heavy atom. The van der Waals surface area contributed by atoms with Crippen LogP contribution < -0.4 is 0 Å². The molecule has 0 N–H and O–H groups in total. The van der Waals surface area contributed by atoms with E-state index in [2.05, 4.69) is 157 Å². The van der Waals surface area contributed by atoms with Gasteiger partial charge in [-0.05, 0) is 74.8 Å². The van der Waals surface area contributed by atoms with Crippen LogP contribution in [0.3, 0.4) is 0 Å². The zero-order valence-electron chi connectivity index (χ0n) is 26.6. The highest BCUT2D eigenvalue weighted by molar-refractivity contribution is 6.05.